The predicted octanol–water partition coefficient (Wildman–Crippen LogP) is 1.63. The van der Waals surface area contributed by atoms with E-state index in [0.717, 1.165) is 5.82 Å². The second kappa shape index (κ2) is 5.36. The third kappa shape index (κ3) is 3.29. The number of nitrogens with two attached hydrogens (primary N) is 1. The van der Waals surface area contributed by atoms with Crippen LogP contribution >= 0.6 is 0 Å². The Kier molecular flexibility index (Phi) is 4.02. The van der Waals surface area contributed by atoms with E-state index in [2.05, 4.69) is 10.1 Å². The average molecular weight is 252 g/mol. The van der Waals surface area contributed by atoms with Crippen molar-refractivity contribution in [3.8, 4) is 0 Å². The lowest BCUT2D eigenvalue weighted by molar-refractivity contribution is 0.0557. The fourth-order valence-electron chi connectivity index (χ4n) is 2.72. The third-order valence-electron chi connectivity index (χ3n) is 3.64. The summed E-state index contributed by atoms with van der Waals surface area (Å²) in [5.74, 6) is 1.31. The zero-order chi connectivity index (χ0) is 13.2. The Balaban J connectivity index is 2.10. The fraction of sp³-hybridized carbons (Fsp3) is 0.846. The summed E-state index contributed by atoms with van der Waals surface area (Å²) in [6.45, 7) is 3.97. The van der Waals surface area contributed by atoms with Gasteiger partial charge in [0.05, 0.1) is 18.2 Å². The molecular weight excluding hydrogens is 228 g/mol. The molecule has 5 heteroatoms. The molecule has 0 radical (unpaired) electrons. The first-order chi connectivity index (χ1) is 8.47. The summed E-state index contributed by atoms with van der Waals surface area (Å²) in [6, 6.07) is -0.0600. The van der Waals surface area contributed by atoms with Gasteiger partial charge in [-0.1, -0.05) is 19.3 Å². The van der Waals surface area contributed by atoms with Gasteiger partial charge < -0.3 is 10.8 Å². The van der Waals surface area contributed by atoms with Crippen LogP contribution in [0.1, 0.15) is 57.8 Å². The summed E-state index contributed by atoms with van der Waals surface area (Å²) in [7, 11) is 0. The van der Waals surface area contributed by atoms with E-state index in [1.807, 2.05) is 0 Å². The first-order valence-electron chi connectivity index (χ1n) is 6.83. The molecule has 1 aliphatic rings. The molecular formula is C13H24N4O. The van der Waals surface area contributed by atoms with E-state index in [1.165, 1.54) is 38.4 Å². The van der Waals surface area contributed by atoms with Crippen LogP contribution in [0.5, 0.6) is 0 Å². The van der Waals surface area contributed by atoms with Gasteiger partial charge in [-0.25, -0.2) is 9.67 Å². The van der Waals surface area contributed by atoms with Gasteiger partial charge in [0.15, 0.2) is 0 Å². The van der Waals surface area contributed by atoms with Crippen molar-refractivity contribution in [1.82, 2.24) is 14.8 Å². The van der Waals surface area contributed by atoms with Crippen LogP contribution in [0.15, 0.2) is 6.33 Å². The smallest absolute Gasteiger partial charge is 0.144 e. The van der Waals surface area contributed by atoms with Gasteiger partial charge in [-0.2, -0.15) is 5.10 Å². The number of hydrogen-bond acceptors (Lipinski definition) is 4. The highest BCUT2D eigenvalue weighted by Gasteiger charge is 2.27. The van der Waals surface area contributed by atoms with E-state index in [1.54, 1.807) is 18.5 Å². The lowest BCUT2D eigenvalue weighted by atomic mass is 9.84. The summed E-state index contributed by atoms with van der Waals surface area (Å²) in [5.41, 5.74) is 5.53. The van der Waals surface area contributed by atoms with Crippen LogP contribution in [0.4, 0.5) is 0 Å². The van der Waals surface area contributed by atoms with E-state index in [-0.39, 0.29) is 6.04 Å². The third-order valence-corrected chi connectivity index (χ3v) is 3.64. The molecule has 1 aromatic rings. The molecule has 2 rings (SSSR count). The Hall–Kier alpha value is -0.940. The van der Waals surface area contributed by atoms with Crippen LogP contribution < -0.4 is 5.73 Å². The zero-order valence-corrected chi connectivity index (χ0v) is 11.3. The molecule has 0 spiro atoms. The number of nitrogens with zero attached hydrogens (tertiary/aromatic N) is 3. The lowest BCUT2D eigenvalue weighted by Crippen LogP contribution is -2.32. The molecule has 102 valence electrons. The van der Waals surface area contributed by atoms with E-state index < -0.39 is 5.60 Å². The maximum absolute atomic E-state index is 9.88. The maximum Gasteiger partial charge on any atom is 0.144 e. The van der Waals surface area contributed by atoms with Crippen LogP contribution in [0.3, 0.4) is 0 Å². The Labute approximate surface area is 108 Å². The van der Waals surface area contributed by atoms with Crippen LogP contribution in [0.25, 0.3) is 0 Å². The highest BCUT2D eigenvalue weighted by molar-refractivity contribution is 4.97. The van der Waals surface area contributed by atoms with Crippen molar-refractivity contribution >= 4 is 0 Å². The molecule has 3 N–H and O–H groups in total. The van der Waals surface area contributed by atoms with Crippen molar-refractivity contribution in [3.05, 3.63) is 12.2 Å². The molecule has 0 saturated heterocycles. The van der Waals surface area contributed by atoms with Crippen LogP contribution in [-0.2, 0) is 6.54 Å². The SMILES string of the molecule is CC(C)(O)Cn1ncnc1[C@@H](N)C1CCCCC1. The average Bonchev–Trinajstić information content (AvgIpc) is 2.75. The molecule has 5 nitrogen and oxygen atoms in total. The molecule has 0 aliphatic heterocycles. The van der Waals surface area contributed by atoms with Gasteiger partial charge in [0.2, 0.25) is 0 Å². The molecule has 1 saturated carbocycles. The number of aliphatic hydroxyl groups is 1. The van der Waals surface area contributed by atoms with Gasteiger partial charge in [-0.15, -0.1) is 0 Å². The summed E-state index contributed by atoms with van der Waals surface area (Å²) in [4.78, 5) is 4.29. The second-order valence-electron chi connectivity index (χ2n) is 6.01. The molecule has 1 fully saturated rings. The largest absolute Gasteiger partial charge is 0.389 e. The molecule has 0 unspecified atom stereocenters. The van der Waals surface area contributed by atoms with E-state index >= 15 is 0 Å². The molecule has 0 amide bonds. The van der Waals surface area contributed by atoms with Crippen molar-refractivity contribution in [3.63, 3.8) is 0 Å². The quantitative estimate of drug-likeness (QED) is 0.854. The Morgan fingerprint density at radius 2 is 2.11 bits per heavy atom. The first kappa shape index (κ1) is 13.5. The van der Waals surface area contributed by atoms with Gasteiger partial charge in [-0.05, 0) is 32.6 Å². The topological polar surface area (TPSA) is 77.0 Å². The van der Waals surface area contributed by atoms with Crippen molar-refractivity contribution in [1.29, 1.82) is 0 Å². The monoisotopic (exact) mass is 252 g/mol. The molecule has 0 bridgehead atoms. The summed E-state index contributed by atoms with van der Waals surface area (Å²) in [6.07, 6.45) is 7.73. The molecule has 18 heavy (non-hydrogen) atoms. The highest BCUT2D eigenvalue weighted by Crippen LogP contribution is 2.32. The van der Waals surface area contributed by atoms with Gasteiger partial charge in [0.25, 0.3) is 0 Å². The first-order valence-corrected chi connectivity index (χ1v) is 6.83. The van der Waals surface area contributed by atoms with Crippen molar-refractivity contribution in [2.45, 2.75) is 64.1 Å². The van der Waals surface area contributed by atoms with Gasteiger partial charge >= 0.3 is 0 Å². The number of aromatic nitrogens is 3. The van der Waals surface area contributed by atoms with Crippen molar-refractivity contribution < 1.29 is 5.11 Å². The Bertz CT molecular complexity index is 377. The Morgan fingerprint density at radius 1 is 1.44 bits per heavy atom. The van der Waals surface area contributed by atoms with Crippen LogP contribution in [0, 0.1) is 5.92 Å². The molecule has 1 aromatic heterocycles. The van der Waals surface area contributed by atoms with Crippen molar-refractivity contribution in [2.24, 2.45) is 11.7 Å². The Morgan fingerprint density at radius 3 is 2.72 bits per heavy atom. The normalized spacial score (nSPS) is 20.0. The maximum atomic E-state index is 9.88. The van der Waals surface area contributed by atoms with E-state index in [0.29, 0.717) is 12.5 Å². The van der Waals surface area contributed by atoms with Gasteiger partial charge in [0.1, 0.15) is 12.2 Å². The standard InChI is InChI=1S/C13H24N4O/c1-13(2,18)8-17-12(15-9-16-17)11(14)10-6-4-3-5-7-10/h9-11,18H,3-8,14H2,1-2H3/t11-/m0/s1. The number of hydrogen-bond donors (Lipinski definition) is 2. The molecule has 1 atom stereocenters. The van der Waals surface area contributed by atoms with Crippen molar-refractivity contribution in [2.75, 3.05) is 0 Å². The lowest BCUT2D eigenvalue weighted by Gasteiger charge is -2.28. The van der Waals surface area contributed by atoms with Crippen LogP contribution in [0.2, 0.25) is 0 Å². The minimum Gasteiger partial charge on any atom is -0.389 e. The minimum atomic E-state index is -0.797. The van der Waals surface area contributed by atoms with E-state index in [4.69, 9.17) is 5.73 Å². The molecule has 0 aromatic carbocycles. The second-order valence-corrected chi connectivity index (χ2v) is 6.01. The minimum absolute atomic E-state index is 0.0600. The number of rotatable bonds is 4. The summed E-state index contributed by atoms with van der Waals surface area (Å²) in [5, 5.41) is 14.1. The van der Waals surface area contributed by atoms with Crippen LogP contribution in [-0.4, -0.2) is 25.5 Å². The highest BCUT2D eigenvalue weighted by atomic mass is 16.3. The van der Waals surface area contributed by atoms with Gasteiger partial charge in [-0.3, -0.25) is 0 Å². The molecule has 1 aliphatic carbocycles. The predicted molar refractivity (Wildman–Crippen MR) is 69.8 cm³/mol. The zero-order valence-electron chi connectivity index (χ0n) is 11.3. The van der Waals surface area contributed by atoms with Gasteiger partial charge in [0, 0.05) is 0 Å². The fourth-order valence-corrected chi connectivity index (χ4v) is 2.72. The molecule has 1 heterocycles. The van der Waals surface area contributed by atoms with E-state index in [9.17, 15) is 5.11 Å². The summed E-state index contributed by atoms with van der Waals surface area (Å²) >= 11 is 0. The summed E-state index contributed by atoms with van der Waals surface area (Å²) < 4.78 is 1.75.